The third kappa shape index (κ3) is 4.17. The summed E-state index contributed by atoms with van der Waals surface area (Å²) in [5, 5.41) is 11.0. The van der Waals surface area contributed by atoms with Gasteiger partial charge in [-0.2, -0.15) is 0 Å². The molecule has 0 saturated carbocycles. The molecule has 1 atom stereocenters. The highest BCUT2D eigenvalue weighted by atomic mass is 16.5. The van der Waals surface area contributed by atoms with Gasteiger partial charge in [-0.3, -0.25) is 9.59 Å². The van der Waals surface area contributed by atoms with Crippen LogP contribution in [-0.2, 0) is 19.7 Å². The molecule has 1 aliphatic heterocycles. The zero-order chi connectivity index (χ0) is 22.1. The lowest BCUT2D eigenvalue weighted by atomic mass is 9.85. The first-order chi connectivity index (χ1) is 14.1. The van der Waals surface area contributed by atoms with Crippen molar-refractivity contribution in [2.45, 2.75) is 39.2 Å². The van der Waals surface area contributed by atoms with E-state index >= 15 is 0 Å². The lowest BCUT2D eigenvalue weighted by Crippen LogP contribution is -2.32. The van der Waals surface area contributed by atoms with Crippen molar-refractivity contribution >= 4 is 17.4 Å². The fourth-order valence-corrected chi connectivity index (χ4v) is 3.68. The van der Waals surface area contributed by atoms with Gasteiger partial charge in [-0.1, -0.05) is 74.9 Å². The van der Waals surface area contributed by atoms with E-state index in [0.717, 1.165) is 16.7 Å². The maximum atomic E-state index is 12.9. The predicted octanol–water partition coefficient (Wildman–Crippen LogP) is 4.36. The van der Waals surface area contributed by atoms with E-state index in [1.54, 1.807) is 19.2 Å². The number of carbonyl (C=O) groups is 2. The molecule has 3 rings (SSSR count). The third-order valence-corrected chi connectivity index (χ3v) is 5.49. The molecule has 5 nitrogen and oxygen atoms in total. The molecule has 1 saturated heterocycles. The van der Waals surface area contributed by atoms with Crippen molar-refractivity contribution in [3.8, 4) is 0 Å². The Labute approximate surface area is 178 Å². The number of rotatable bonds is 5. The maximum Gasteiger partial charge on any atom is 0.295 e. The summed E-state index contributed by atoms with van der Waals surface area (Å²) < 4.78 is 5.15. The number of hydrogen-bond acceptors (Lipinski definition) is 4. The molecule has 2 aromatic rings. The van der Waals surface area contributed by atoms with Crippen molar-refractivity contribution in [3.63, 3.8) is 0 Å². The normalized spacial score (nSPS) is 18.8. The van der Waals surface area contributed by atoms with Gasteiger partial charge in [0.05, 0.1) is 18.2 Å². The molecular formula is C25H29NO4. The molecule has 1 N–H and O–H groups in total. The van der Waals surface area contributed by atoms with E-state index in [1.165, 1.54) is 4.90 Å². The van der Waals surface area contributed by atoms with Gasteiger partial charge in [-0.25, -0.2) is 0 Å². The Morgan fingerprint density at radius 3 is 2.17 bits per heavy atom. The number of aryl methyl sites for hydroxylation is 1. The number of ether oxygens (including phenoxy) is 1. The van der Waals surface area contributed by atoms with Crippen LogP contribution in [0.4, 0.5) is 0 Å². The van der Waals surface area contributed by atoms with Gasteiger partial charge >= 0.3 is 0 Å². The Kier molecular flexibility index (Phi) is 6.13. The molecule has 0 radical (unpaired) electrons. The van der Waals surface area contributed by atoms with Gasteiger partial charge in [0.2, 0.25) is 0 Å². The van der Waals surface area contributed by atoms with E-state index in [2.05, 4.69) is 20.8 Å². The first kappa shape index (κ1) is 21.8. The average molecular weight is 408 g/mol. The second kappa shape index (κ2) is 8.44. The number of carbonyl (C=O) groups excluding carboxylic acids is 2. The van der Waals surface area contributed by atoms with Crippen LogP contribution in [0.3, 0.4) is 0 Å². The van der Waals surface area contributed by atoms with Gasteiger partial charge in [0.1, 0.15) is 5.76 Å². The Morgan fingerprint density at radius 1 is 1.03 bits per heavy atom. The van der Waals surface area contributed by atoms with E-state index in [9.17, 15) is 14.7 Å². The number of hydrogen-bond donors (Lipinski definition) is 1. The molecule has 2 aromatic carbocycles. The summed E-state index contributed by atoms with van der Waals surface area (Å²) in [6.07, 6.45) is 0. The van der Waals surface area contributed by atoms with Gasteiger partial charge in [0.15, 0.2) is 0 Å². The molecule has 1 unspecified atom stereocenters. The second-order valence-corrected chi connectivity index (χ2v) is 8.72. The fraction of sp³-hybridized carbons (Fsp3) is 0.360. The summed E-state index contributed by atoms with van der Waals surface area (Å²) >= 11 is 0. The summed E-state index contributed by atoms with van der Waals surface area (Å²) in [4.78, 5) is 27.2. The van der Waals surface area contributed by atoms with Crippen LogP contribution >= 0.6 is 0 Å². The van der Waals surface area contributed by atoms with E-state index in [-0.39, 0.29) is 23.3 Å². The predicted molar refractivity (Wildman–Crippen MR) is 117 cm³/mol. The highest BCUT2D eigenvalue weighted by Crippen LogP contribution is 2.39. The lowest BCUT2D eigenvalue weighted by molar-refractivity contribution is -0.140. The standard InChI is InChI=1S/C25H29NO4/c1-16-6-8-18(9-7-16)22(27)20-21(26(14-15-30-5)24(29)23(20)28)17-10-12-19(13-11-17)25(2,3)4/h6-13,21,27H,14-15H2,1-5H3. The topological polar surface area (TPSA) is 66.8 Å². The van der Waals surface area contributed by atoms with Gasteiger partial charge in [-0.05, 0) is 23.5 Å². The number of nitrogens with zero attached hydrogens (tertiary/aromatic N) is 1. The highest BCUT2D eigenvalue weighted by Gasteiger charge is 2.45. The number of aliphatic hydroxyl groups excluding tert-OH is 1. The van der Waals surface area contributed by atoms with Crippen LogP contribution in [0.15, 0.2) is 54.1 Å². The minimum Gasteiger partial charge on any atom is -0.507 e. The van der Waals surface area contributed by atoms with Crippen LogP contribution in [0.25, 0.3) is 5.76 Å². The first-order valence-electron chi connectivity index (χ1n) is 10.1. The molecule has 1 aliphatic rings. The zero-order valence-corrected chi connectivity index (χ0v) is 18.2. The van der Waals surface area contributed by atoms with Crippen molar-refractivity contribution in [2.24, 2.45) is 0 Å². The van der Waals surface area contributed by atoms with Crippen LogP contribution in [0.2, 0.25) is 0 Å². The van der Waals surface area contributed by atoms with Crippen molar-refractivity contribution in [1.29, 1.82) is 0 Å². The molecule has 0 spiro atoms. The maximum absolute atomic E-state index is 12.9. The summed E-state index contributed by atoms with van der Waals surface area (Å²) in [6, 6.07) is 14.5. The van der Waals surface area contributed by atoms with Gasteiger partial charge in [0, 0.05) is 19.2 Å². The summed E-state index contributed by atoms with van der Waals surface area (Å²) in [5.41, 5.74) is 3.59. The molecule has 5 heteroatoms. The number of likely N-dealkylation sites (tertiary alicyclic amines) is 1. The number of methoxy groups -OCH3 is 1. The highest BCUT2D eigenvalue weighted by molar-refractivity contribution is 6.46. The average Bonchev–Trinajstić information content (AvgIpc) is 2.96. The van der Waals surface area contributed by atoms with Crippen LogP contribution < -0.4 is 0 Å². The van der Waals surface area contributed by atoms with Crippen molar-refractivity contribution in [1.82, 2.24) is 4.90 Å². The quantitative estimate of drug-likeness (QED) is 0.454. The minimum absolute atomic E-state index is 0.0156. The van der Waals surface area contributed by atoms with Crippen LogP contribution in [0.5, 0.6) is 0 Å². The number of ketones is 1. The summed E-state index contributed by atoms with van der Waals surface area (Å²) in [6.45, 7) is 8.90. The van der Waals surface area contributed by atoms with Gasteiger partial charge < -0.3 is 14.7 Å². The van der Waals surface area contributed by atoms with Gasteiger partial charge in [0.25, 0.3) is 11.7 Å². The van der Waals surface area contributed by atoms with Crippen LogP contribution in [-0.4, -0.2) is 42.0 Å². The number of aliphatic hydroxyl groups is 1. The molecule has 30 heavy (non-hydrogen) atoms. The summed E-state index contributed by atoms with van der Waals surface area (Å²) in [5.74, 6) is -1.45. The molecule has 0 aliphatic carbocycles. The zero-order valence-electron chi connectivity index (χ0n) is 18.2. The van der Waals surface area contributed by atoms with Crippen molar-refractivity contribution in [2.75, 3.05) is 20.3 Å². The van der Waals surface area contributed by atoms with Gasteiger partial charge in [-0.15, -0.1) is 0 Å². The smallest absolute Gasteiger partial charge is 0.295 e. The number of amides is 1. The third-order valence-electron chi connectivity index (χ3n) is 5.49. The fourth-order valence-electron chi connectivity index (χ4n) is 3.68. The van der Waals surface area contributed by atoms with Crippen molar-refractivity contribution < 1.29 is 19.4 Å². The van der Waals surface area contributed by atoms with Crippen LogP contribution in [0.1, 0.15) is 49.1 Å². The monoisotopic (exact) mass is 407 g/mol. The Bertz CT molecular complexity index is 966. The van der Waals surface area contributed by atoms with Crippen LogP contribution in [0, 0.1) is 6.92 Å². The van der Waals surface area contributed by atoms with E-state index < -0.39 is 17.7 Å². The minimum atomic E-state index is -0.672. The molecular weight excluding hydrogens is 378 g/mol. The number of Topliss-reactive ketones (excluding diaryl/α,β-unsaturated/α-hetero) is 1. The second-order valence-electron chi connectivity index (χ2n) is 8.72. The molecule has 0 bridgehead atoms. The number of benzene rings is 2. The largest absolute Gasteiger partial charge is 0.507 e. The Balaban J connectivity index is 2.13. The Morgan fingerprint density at radius 2 is 1.63 bits per heavy atom. The molecule has 0 aromatic heterocycles. The first-order valence-corrected chi connectivity index (χ1v) is 10.1. The van der Waals surface area contributed by atoms with Crippen molar-refractivity contribution in [3.05, 3.63) is 76.4 Å². The lowest BCUT2D eigenvalue weighted by Gasteiger charge is -2.26. The SMILES string of the molecule is COCCN1C(=O)C(=O)C(=C(O)c2ccc(C)cc2)C1c1ccc(C(C)(C)C)cc1. The Hall–Kier alpha value is -2.92. The van der Waals surface area contributed by atoms with E-state index in [4.69, 9.17) is 4.74 Å². The molecule has 1 heterocycles. The molecule has 1 amide bonds. The molecule has 1 fully saturated rings. The molecule has 158 valence electrons. The summed E-state index contributed by atoms with van der Waals surface area (Å²) in [7, 11) is 1.55. The van der Waals surface area contributed by atoms with E-state index in [1.807, 2.05) is 43.3 Å². The van der Waals surface area contributed by atoms with E-state index in [0.29, 0.717) is 12.2 Å².